The van der Waals surface area contributed by atoms with E-state index >= 15 is 0 Å². The number of thioether (sulfide) groups is 1. The predicted molar refractivity (Wildman–Crippen MR) is 110 cm³/mol. The highest BCUT2D eigenvalue weighted by atomic mass is 32.2. The van der Waals surface area contributed by atoms with E-state index in [1.807, 2.05) is 11.4 Å². The number of nitrogens with zero attached hydrogens (tertiary/aromatic N) is 1. The van der Waals surface area contributed by atoms with E-state index in [1.54, 1.807) is 24.3 Å². The topological polar surface area (TPSA) is 143 Å². The molecule has 10 nitrogen and oxygen atoms in total. The first-order chi connectivity index (χ1) is 16.0. The van der Waals surface area contributed by atoms with Crippen molar-refractivity contribution in [3.63, 3.8) is 0 Å². The van der Waals surface area contributed by atoms with Gasteiger partial charge in [0.05, 0.1) is 12.7 Å². The Bertz CT molecular complexity index is 972. The molecule has 0 aliphatic carbocycles. The fourth-order valence-electron chi connectivity index (χ4n) is 3.26. The normalized spacial score (nSPS) is 25.1. The summed E-state index contributed by atoms with van der Waals surface area (Å²) in [4.78, 5) is 12.1. The summed E-state index contributed by atoms with van der Waals surface area (Å²) < 4.78 is 60.5. The Labute approximate surface area is 196 Å². The maximum absolute atomic E-state index is 13.6. The number of carbonyl (C=O) groups is 1. The van der Waals surface area contributed by atoms with E-state index in [0.717, 1.165) is 12.0 Å². The second-order valence-corrected chi connectivity index (χ2v) is 8.18. The first-order valence-electron chi connectivity index (χ1n) is 9.89. The lowest BCUT2D eigenvalue weighted by Crippen LogP contribution is -2.60. The summed E-state index contributed by atoms with van der Waals surface area (Å²) in [5.74, 6) is -0.512. The van der Waals surface area contributed by atoms with Crippen molar-refractivity contribution in [1.82, 2.24) is 10.2 Å². The minimum absolute atomic E-state index is 0.210. The molecule has 4 N–H and O–H groups in total. The summed E-state index contributed by atoms with van der Waals surface area (Å²) in [6.45, 7) is -0.583. The second-order valence-electron chi connectivity index (χ2n) is 7.30. The van der Waals surface area contributed by atoms with Gasteiger partial charge in [0, 0.05) is 11.3 Å². The molecule has 0 radical (unpaired) electrons. The quantitative estimate of drug-likeness (QED) is 0.322. The van der Waals surface area contributed by atoms with Crippen LogP contribution in [0, 0.1) is 0 Å². The van der Waals surface area contributed by atoms with E-state index in [2.05, 4.69) is 14.6 Å². The Kier molecular flexibility index (Phi) is 8.30. The van der Waals surface area contributed by atoms with Gasteiger partial charge in [-0.2, -0.15) is 13.2 Å². The first-order valence-corrected chi connectivity index (χ1v) is 11.1. The Hall–Kier alpha value is -2.52. The lowest BCUT2D eigenvalue weighted by Gasteiger charge is -2.39. The Morgan fingerprint density at radius 2 is 1.85 bits per heavy atom. The molecule has 0 unspecified atom stereocenters. The number of aromatic nitrogens is 2. The van der Waals surface area contributed by atoms with Gasteiger partial charge in [0.2, 0.25) is 12.2 Å². The van der Waals surface area contributed by atoms with Crippen LogP contribution < -0.4 is 4.74 Å². The highest BCUT2D eigenvalue weighted by Crippen LogP contribution is 2.37. The molecule has 1 aliphatic rings. The van der Waals surface area contributed by atoms with Gasteiger partial charge in [-0.1, -0.05) is 12.1 Å². The smallest absolute Gasteiger partial charge is 0.443 e. The van der Waals surface area contributed by atoms with Gasteiger partial charge in [0.25, 0.3) is 0 Å². The highest BCUT2D eigenvalue weighted by molar-refractivity contribution is 7.98. The molecule has 0 bridgehead atoms. The number of hydrogen-bond acceptors (Lipinski definition) is 10. The predicted octanol–water partition coefficient (Wildman–Crippen LogP) is 1.71. The summed E-state index contributed by atoms with van der Waals surface area (Å²) in [6, 6.07) is 6.83. The third kappa shape index (κ3) is 5.93. The van der Waals surface area contributed by atoms with Crippen molar-refractivity contribution in [3.05, 3.63) is 41.1 Å². The molecule has 1 aromatic carbocycles. The molecule has 5 atom stereocenters. The zero-order valence-electron chi connectivity index (χ0n) is 18.0. The van der Waals surface area contributed by atoms with Crippen molar-refractivity contribution in [2.75, 3.05) is 20.0 Å². The molecule has 34 heavy (non-hydrogen) atoms. The zero-order chi connectivity index (χ0) is 25.0. The van der Waals surface area contributed by atoms with Crippen LogP contribution in [0.1, 0.15) is 16.8 Å². The monoisotopic (exact) mass is 508 g/mol. The molecule has 1 saturated heterocycles. The lowest BCUT2D eigenvalue weighted by molar-refractivity contribution is -0.278. The average Bonchev–Trinajstić information content (AvgIpc) is 3.21. The molecule has 1 fully saturated rings. The number of alkyl halides is 3. The van der Waals surface area contributed by atoms with Crippen LogP contribution in [0.5, 0.6) is 5.88 Å². The number of hydrogen-bond donors (Lipinski definition) is 4. The van der Waals surface area contributed by atoms with E-state index in [-0.39, 0.29) is 12.0 Å². The maximum Gasteiger partial charge on any atom is 0.508 e. The van der Waals surface area contributed by atoms with Gasteiger partial charge in [-0.15, -0.1) is 16.9 Å². The van der Waals surface area contributed by atoms with Crippen molar-refractivity contribution < 1.29 is 52.2 Å². The van der Waals surface area contributed by atoms with Gasteiger partial charge in [0.1, 0.15) is 36.7 Å². The molecule has 2 heterocycles. The molecule has 1 aromatic heterocycles. The number of benzene rings is 1. The second kappa shape index (κ2) is 10.8. The number of nitrogens with one attached hydrogen (secondary N) is 1. The van der Waals surface area contributed by atoms with Crippen molar-refractivity contribution in [2.24, 2.45) is 0 Å². The van der Waals surface area contributed by atoms with Crippen LogP contribution in [-0.4, -0.2) is 82.4 Å². The molecular weight excluding hydrogens is 485 g/mol. The number of ether oxygens (including phenoxy) is 4. The first kappa shape index (κ1) is 26.1. The molecular formula is C20H23F3N2O8S. The number of rotatable bonds is 7. The van der Waals surface area contributed by atoms with Gasteiger partial charge < -0.3 is 34.3 Å². The molecule has 1 aliphatic heterocycles. The summed E-state index contributed by atoms with van der Waals surface area (Å²) in [7, 11) is 1.05. The summed E-state index contributed by atoms with van der Waals surface area (Å²) in [5, 5.41) is 36.0. The maximum atomic E-state index is 13.6. The van der Waals surface area contributed by atoms with Gasteiger partial charge in [0.15, 0.2) is 0 Å². The van der Waals surface area contributed by atoms with E-state index in [4.69, 9.17) is 9.47 Å². The number of halogens is 3. The molecule has 0 saturated carbocycles. The highest BCUT2D eigenvalue weighted by Gasteiger charge is 2.46. The van der Waals surface area contributed by atoms with Crippen molar-refractivity contribution >= 4 is 17.9 Å². The van der Waals surface area contributed by atoms with Crippen molar-refractivity contribution in [3.8, 4) is 5.88 Å². The molecule has 0 amide bonds. The van der Waals surface area contributed by atoms with Crippen LogP contribution in [0.2, 0.25) is 0 Å². The van der Waals surface area contributed by atoms with Crippen molar-refractivity contribution in [2.45, 2.75) is 48.2 Å². The standard InChI is InChI=1S/C20H23F3N2O8S/c1-30-19(29)31-8-12-13(26)14(27)15(28)18(32-12)33-17-11(16(24-25-17)20(21,22)23)7-9-3-5-10(34-2)6-4-9/h3-6,12-15,18,26-28H,7-8H2,1-2H3,(H,24,25)/t12-,13-,14+,15-,18+/m1/s1. The third-order valence-corrected chi connectivity index (χ3v) is 5.82. The van der Waals surface area contributed by atoms with E-state index in [0.29, 0.717) is 5.56 Å². The van der Waals surface area contributed by atoms with Gasteiger partial charge in [-0.25, -0.2) is 4.79 Å². The zero-order valence-corrected chi connectivity index (χ0v) is 18.8. The van der Waals surface area contributed by atoms with E-state index in [9.17, 15) is 33.3 Å². The minimum atomic E-state index is -4.78. The number of aromatic amines is 1. The summed E-state index contributed by atoms with van der Waals surface area (Å²) >= 11 is 1.48. The van der Waals surface area contributed by atoms with E-state index in [1.165, 1.54) is 11.8 Å². The number of methoxy groups -OCH3 is 1. The molecule has 2 aromatic rings. The SMILES string of the molecule is COC(=O)OC[C@H]1O[C@@H](Oc2n[nH]c(C(F)(F)F)c2Cc2ccc(SC)cc2)[C@H](O)[C@@H](O)[C@@H]1O. The largest absolute Gasteiger partial charge is 0.508 e. The van der Waals surface area contributed by atoms with Gasteiger partial charge in [-0.3, -0.25) is 5.10 Å². The number of aliphatic hydroxyl groups is 3. The van der Waals surface area contributed by atoms with Crippen LogP contribution in [0.25, 0.3) is 0 Å². The van der Waals surface area contributed by atoms with E-state index < -0.39 is 61.2 Å². The molecule has 14 heteroatoms. The summed E-state index contributed by atoms with van der Waals surface area (Å²) in [5.41, 5.74) is -0.949. The van der Waals surface area contributed by atoms with Crippen LogP contribution in [0.15, 0.2) is 29.2 Å². The summed E-state index contributed by atoms with van der Waals surface area (Å²) in [6.07, 6.45) is -12.6. The number of carbonyl (C=O) groups excluding carboxylic acids is 1. The minimum Gasteiger partial charge on any atom is -0.443 e. The fourth-order valence-corrected chi connectivity index (χ4v) is 3.67. The molecule has 188 valence electrons. The molecule has 0 spiro atoms. The van der Waals surface area contributed by atoms with Crippen LogP contribution >= 0.6 is 11.8 Å². The molecule has 3 rings (SSSR count). The van der Waals surface area contributed by atoms with Gasteiger partial charge >= 0.3 is 12.3 Å². The Balaban J connectivity index is 1.85. The Morgan fingerprint density at radius 3 is 2.44 bits per heavy atom. The fraction of sp³-hybridized carbons (Fsp3) is 0.500. The average molecular weight is 508 g/mol. The van der Waals surface area contributed by atoms with Gasteiger partial charge in [-0.05, 0) is 24.0 Å². The van der Waals surface area contributed by atoms with Crippen LogP contribution in [-0.2, 0) is 26.8 Å². The number of aliphatic hydroxyl groups excluding tert-OH is 3. The number of H-pyrrole nitrogens is 1. The van der Waals surface area contributed by atoms with Crippen LogP contribution in [0.4, 0.5) is 18.0 Å². The van der Waals surface area contributed by atoms with Crippen LogP contribution in [0.3, 0.4) is 0 Å². The van der Waals surface area contributed by atoms with Crippen molar-refractivity contribution in [1.29, 1.82) is 0 Å². The lowest BCUT2D eigenvalue weighted by atomic mass is 9.99. The third-order valence-electron chi connectivity index (χ3n) is 5.08. The Morgan fingerprint density at radius 1 is 1.18 bits per heavy atom.